The predicted octanol–water partition coefficient (Wildman–Crippen LogP) is 1.19. The Bertz CT molecular complexity index is 469. The first-order valence-electron chi connectivity index (χ1n) is 6.80. The molecule has 2 N–H and O–H groups in total. The van der Waals surface area contributed by atoms with E-state index in [1.165, 1.54) is 11.3 Å². The van der Waals surface area contributed by atoms with Gasteiger partial charge in [0.1, 0.15) is 0 Å². The normalized spacial score (nSPS) is 15.8. The Morgan fingerprint density at radius 3 is 2.95 bits per heavy atom. The maximum absolute atomic E-state index is 12.0. The molecule has 0 bridgehead atoms. The lowest BCUT2D eigenvalue weighted by molar-refractivity contribution is -0.142. The number of carbonyl (C=O) groups excluding carboxylic acids is 2. The minimum atomic E-state index is -0.297. The third-order valence-corrected chi connectivity index (χ3v) is 3.93. The summed E-state index contributed by atoms with van der Waals surface area (Å²) in [4.78, 5) is 27.6. The van der Waals surface area contributed by atoms with E-state index in [9.17, 15) is 9.59 Å². The van der Waals surface area contributed by atoms with Crippen molar-refractivity contribution in [3.05, 3.63) is 11.1 Å². The van der Waals surface area contributed by atoms with Gasteiger partial charge in [0, 0.05) is 11.3 Å². The fourth-order valence-electron chi connectivity index (χ4n) is 2.10. The zero-order valence-corrected chi connectivity index (χ0v) is 12.3. The van der Waals surface area contributed by atoms with E-state index in [1.807, 2.05) is 0 Å². The number of piperidine rings is 1. The van der Waals surface area contributed by atoms with Crippen LogP contribution in [0.5, 0.6) is 0 Å². The Morgan fingerprint density at radius 2 is 2.25 bits per heavy atom. The van der Waals surface area contributed by atoms with Crippen molar-refractivity contribution in [3.8, 4) is 0 Å². The molecule has 1 aromatic heterocycles. The molecule has 0 aromatic carbocycles. The average Bonchev–Trinajstić information content (AvgIpc) is 2.87. The SMILES string of the molecule is CCOC(=O)Cc1csc(NC(=O)C2CCNCC2)n1. The molecule has 0 radical (unpaired) electrons. The molecular weight excluding hydrogens is 278 g/mol. The van der Waals surface area contributed by atoms with Gasteiger partial charge in [-0.1, -0.05) is 0 Å². The van der Waals surface area contributed by atoms with Crippen LogP contribution in [0.15, 0.2) is 5.38 Å². The highest BCUT2D eigenvalue weighted by molar-refractivity contribution is 7.13. The van der Waals surface area contributed by atoms with E-state index >= 15 is 0 Å². The molecule has 1 saturated heterocycles. The van der Waals surface area contributed by atoms with Gasteiger partial charge in [-0.15, -0.1) is 11.3 Å². The highest BCUT2D eigenvalue weighted by Gasteiger charge is 2.21. The number of hydrogen-bond donors (Lipinski definition) is 2. The quantitative estimate of drug-likeness (QED) is 0.798. The van der Waals surface area contributed by atoms with E-state index in [0.717, 1.165) is 25.9 Å². The van der Waals surface area contributed by atoms with Crippen LogP contribution in [0.3, 0.4) is 0 Å². The minimum Gasteiger partial charge on any atom is -0.466 e. The number of ether oxygens (including phenoxy) is 1. The van der Waals surface area contributed by atoms with Crippen LogP contribution in [0, 0.1) is 5.92 Å². The highest BCUT2D eigenvalue weighted by Crippen LogP contribution is 2.19. The fourth-order valence-corrected chi connectivity index (χ4v) is 2.81. The number of esters is 1. The third kappa shape index (κ3) is 4.28. The average molecular weight is 297 g/mol. The largest absolute Gasteiger partial charge is 0.466 e. The molecule has 1 aromatic rings. The maximum Gasteiger partial charge on any atom is 0.311 e. The second-order valence-corrected chi connectivity index (χ2v) is 5.50. The van der Waals surface area contributed by atoms with Crippen molar-refractivity contribution in [1.82, 2.24) is 10.3 Å². The topological polar surface area (TPSA) is 80.3 Å². The van der Waals surface area contributed by atoms with E-state index in [1.54, 1.807) is 12.3 Å². The monoisotopic (exact) mass is 297 g/mol. The van der Waals surface area contributed by atoms with E-state index in [0.29, 0.717) is 17.4 Å². The van der Waals surface area contributed by atoms with Crippen molar-refractivity contribution < 1.29 is 14.3 Å². The maximum atomic E-state index is 12.0. The van der Waals surface area contributed by atoms with Crippen LogP contribution in [0.25, 0.3) is 0 Å². The fraction of sp³-hybridized carbons (Fsp3) is 0.615. The van der Waals surface area contributed by atoms with Crippen molar-refractivity contribution in [2.75, 3.05) is 25.0 Å². The minimum absolute atomic E-state index is 0.0172. The number of amides is 1. The number of hydrogen-bond acceptors (Lipinski definition) is 6. The lowest BCUT2D eigenvalue weighted by Crippen LogP contribution is -2.34. The Kier molecular flexibility index (Phi) is 5.49. The third-order valence-electron chi connectivity index (χ3n) is 3.12. The van der Waals surface area contributed by atoms with Crippen molar-refractivity contribution >= 4 is 28.3 Å². The molecule has 0 atom stereocenters. The Hall–Kier alpha value is -1.47. The first kappa shape index (κ1) is 14.9. The number of aromatic nitrogens is 1. The summed E-state index contributed by atoms with van der Waals surface area (Å²) in [5.41, 5.74) is 0.633. The first-order chi connectivity index (χ1) is 9.69. The summed E-state index contributed by atoms with van der Waals surface area (Å²) in [5.74, 6) is -0.230. The van der Waals surface area contributed by atoms with Crippen LogP contribution in [-0.4, -0.2) is 36.6 Å². The zero-order valence-electron chi connectivity index (χ0n) is 11.5. The van der Waals surface area contributed by atoms with Gasteiger partial charge >= 0.3 is 5.97 Å². The standard InChI is InChI=1S/C13H19N3O3S/c1-2-19-11(17)7-10-8-20-13(15-10)16-12(18)9-3-5-14-6-4-9/h8-9,14H,2-7H2,1H3,(H,15,16,18). The highest BCUT2D eigenvalue weighted by atomic mass is 32.1. The molecule has 0 saturated carbocycles. The summed E-state index contributed by atoms with van der Waals surface area (Å²) in [6.07, 6.45) is 1.85. The summed E-state index contributed by atoms with van der Waals surface area (Å²) in [6, 6.07) is 0. The first-order valence-corrected chi connectivity index (χ1v) is 7.68. The molecule has 7 heteroatoms. The van der Waals surface area contributed by atoms with Crippen LogP contribution in [0.1, 0.15) is 25.5 Å². The number of nitrogens with zero attached hydrogens (tertiary/aromatic N) is 1. The van der Waals surface area contributed by atoms with Crippen molar-refractivity contribution in [2.24, 2.45) is 5.92 Å². The van der Waals surface area contributed by atoms with E-state index in [2.05, 4.69) is 15.6 Å². The summed E-state index contributed by atoms with van der Waals surface area (Å²) >= 11 is 1.34. The summed E-state index contributed by atoms with van der Waals surface area (Å²) in [6.45, 7) is 3.89. The second-order valence-electron chi connectivity index (χ2n) is 4.64. The molecule has 2 heterocycles. The van der Waals surface area contributed by atoms with Gasteiger partial charge in [-0.05, 0) is 32.9 Å². The van der Waals surface area contributed by atoms with E-state index in [-0.39, 0.29) is 24.2 Å². The van der Waals surface area contributed by atoms with Crippen LogP contribution in [0.4, 0.5) is 5.13 Å². The molecule has 20 heavy (non-hydrogen) atoms. The lowest BCUT2D eigenvalue weighted by atomic mass is 9.97. The molecule has 0 aliphatic carbocycles. The van der Waals surface area contributed by atoms with Crippen LogP contribution < -0.4 is 10.6 Å². The Morgan fingerprint density at radius 1 is 1.50 bits per heavy atom. The number of nitrogens with one attached hydrogen (secondary N) is 2. The van der Waals surface area contributed by atoms with Crippen molar-refractivity contribution in [3.63, 3.8) is 0 Å². The second kappa shape index (κ2) is 7.35. The molecule has 110 valence electrons. The van der Waals surface area contributed by atoms with Gasteiger partial charge in [0.15, 0.2) is 5.13 Å². The Labute approximate surface area is 121 Å². The lowest BCUT2D eigenvalue weighted by Gasteiger charge is -2.20. The number of anilines is 1. The number of carbonyl (C=O) groups is 2. The molecule has 6 nitrogen and oxygen atoms in total. The molecular formula is C13H19N3O3S. The van der Waals surface area contributed by atoms with E-state index < -0.39 is 0 Å². The summed E-state index contributed by atoms with van der Waals surface area (Å²) in [5, 5.41) is 8.37. The van der Waals surface area contributed by atoms with Crippen molar-refractivity contribution in [2.45, 2.75) is 26.2 Å². The predicted molar refractivity (Wildman–Crippen MR) is 76.7 cm³/mol. The smallest absolute Gasteiger partial charge is 0.311 e. The van der Waals surface area contributed by atoms with Gasteiger partial charge in [0.2, 0.25) is 5.91 Å². The number of rotatable bonds is 5. The van der Waals surface area contributed by atoms with Crippen LogP contribution in [0.2, 0.25) is 0 Å². The van der Waals surface area contributed by atoms with Gasteiger partial charge < -0.3 is 15.4 Å². The van der Waals surface area contributed by atoms with Gasteiger partial charge in [0.05, 0.1) is 18.7 Å². The summed E-state index contributed by atoms with van der Waals surface area (Å²) < 4.78 is 4.86. The zero-order chi connectivity index (χ0) is 14.4. The number of thiazole rings is 1. The van der Waals surface area contributed by atoms with Gasteiger partial charge in [-0.2, -0.15) is 0 Å². The molecule has 1 aliphatic rings. The van der Waals surface area contributed by atoms with Crippen LogP contribution in [-0.2, 0) is 20.7 Å². The van der Waals surface area contributed by atoms with Gasteiger partial charge in [-0.3, -0.25) is 9.59 Å². The molecule has 0 spiro atoms. The summed E-state index contributed by atoms with van der Waals surface area (Å²) in [7, 11) is 0. The molecule has 1 fully saturated rings. The molecule has 0 unspecified atom stereocenters. The molecule has 1 aliphatic heterocycles. The molecule has 1 amide bonds. The van der Waals surface area contributed by atoms with Crippen LogP contribution >= 0.6 is 11.3 Å². The molecule has 2 rings (SSSR count). The Balaban J connectivity index is 1.85. The van der Waals surface area contributed by atoms with E-state index in [4.69, 9.17) is 4.74 Å². The van der Waals surface area contributed by atoms with Gasteiger partial charge in [-0.25, -0.2) is 4.98 Å². The van der Waals surface area contributed by atoms with Gasteiger partial charge in [0.25, 0.3) is 0 Å². The van der Waals surface area contributed by atoms with Crippen molar-refractivity contribution in [1.29, 1.82) is 0 Å².